The fourth-order valence-electron chi connectivity index (χ4n) is 2.85. The Morgan fingerprint density at radius 2 is 1.97 bits per heavy atom. The van der Waals surface area contributed by atoms with Crippen LogP contribution in [0.15, 0.2) is 73.3 Å². The van der Waals surface area contributed by atoms with E-state index in [-0.39, 0.29) is 5.91 Å². The average molecular weight is 380 g/mol. The summed E-state index contributed by atoms with van der Waals surface area (Å²) in [5.41, 5.74) is 2.48. The molecule has 3 heterocycles. The van der Waals surface area contributed by atoms with Gasteiger partial charge in [-0.3, -0.25) is 9.78 Å². The van der Waals surface area contributed by atoms with Crippen LogP contribution in [0.1, 0.15) is 21.6 Å². The standard InChI is InChI=1S/C22H16N6O/c23-11-15-3-4-17-7-9-25-21(19(17)10-15)28-18-5-6-20(26-14-18)22(29)27-13-16-2-1-8-24-12-16/h1-10,12,14H,13H2,(H,25,28)(H,27,29). The third kappa shape index (κ3) is 4.17. The molecule has 7 heteroatoms. The van der Waals surface area contributed by atoms with Crippen molar-refractivity contribution >= 4 is 28.2 Å². The van der Waals surface area contributed by atoms with Gasteiger partial charge in [-0.1, -0.05) is 12.1 Å². The average Bonchev–Trinajstić information content (AvgIpc) is 2.78. The van der Waals surface area contributed by atoms with Crippen molar-refractivity contribution in [1.82, 2.24) is 20.3 Å². The molecular weight excluding hydrogens is 364 g/mol. The first kappa shape index (κ1) is 18.1. The Morgan fingerprint density at radius 3 is 2.72 bits per heavy atom. The number of carbonyl (C=O) groups is 1. The molecule has 29 heavy (non-hydrogen) atoms. The monoisotopic (exact) mass is 380 g/mol. The molecule has 0 aliphatic heterocycles. The second-order valence-electron chi connectivity index (χ2n) is 6.31. The van der Waals surface area contributed by atoms with Crippen molar-refractivity contribution in [1.29, 1.82) is 5.26 Å². The Kier molecular flexibility index (Phi) is 5.08. The van der Waals surface area contributed by atoms with Crippen molar-refractivity contribution < 1.29 is 4.79 Å². The van der Waals surface area contributed by atoms with Gasteiger partial charge in [0.2, 0.25) is 0 Å². The number of hydrogen-bond acceptors (Lipinski definition) is 6. The maximum Gasteiger partial charge on any atom is 0.270 e. The highest BCUT2D eigenvalue weighted by Gasteiger charge is 2.09. The smallest absolute Gasteiger partial charge is 0.270 e. The molecule has 0 atom stereocenters. The van der Waals surface area contributed by atoms with Crippen molar-refractivity contribution in [2.45, 2.75) is 6.54 Å². The van der Waals surface area contributed by atoms with Gasteiger partial charge in [0.05, 0.1) is 23.5 Å². The number of fused-ring (bicyclic) bond motifs is 1. The molecule has 7 nitrogen and oxygen atoms in total. The van der Waals surface area contributed by atoms with Crippen molar-refractivity contribution in [2.24, 2.45) is 0 Å². The highest BCUT2D eigenvalue weighted by Crippen LogP contribution is 2.25. The van der Waals surface area contributed by atoms with Crippen molar-refractivity contribution in [2.75, 3.05) is 5.32 Å². The van der Waals surface area contributed by atoms with E-state index in [0.29, 0.717) is 29.3 Å². The van der Waals surface area contributed by atoms with Crippen LogP contribution in [0, 0.1) is 11.3 Å². The summed E-state index contributed by atoms with van der Waals surface area (Å²) >= 11 is 0. The predicted octanol–water partition coefficient (Wildman–Crippen LogP) is 3.57. The Morgan fingerprint density at radius 1 is 1.03 bits per heavy atom. The summed E-state index contributed by atoms with van der Waals surface area (Å²) in [7, 11) is 0. The first-order valence-corrected chi connectivity index (χ1v) is 8.92. The molecule has 3 aromatic heterocycles. The first-order valence-electron chi connectivity index (χ1n) is 8.92. The normalized spacial score (nSPS) is 10.3. The van der Waals surface area contributed by atoms with Crippen LogP contribution in [0.3, 0.4) is 0 Å². The van der Waals surface area contributed by atoms with E-state index in [0.717, 1.165) is 16.3 Å². The van der Waals surface area contributed by atoms with Gasteiger partial charge in [-0.25, -0.2) is 9.97 Å². The van der Waals surface area contributed by atoms with E-state index in [1.54, 1.807) is 49.1 Å². The molecule has 0 saturated heterocycles. The second-order valence-corrected chi connectivity index (χ2v) is 6.31. The summed E-state index contributed by atoms with van der Waals surface area (Å²) in [6.07, 6.45) is 6.66. The second kappa shape index (κ2) is 8.15. The molecular formula is C22H16N6O. The van der Waals surface area contributed by atoms with Gasteiger partial charge < -0.3 is 10.6 Å². The maximum absolute atomic E-state index is 12.3. The number of nitrogens with one attached hydrogen (secondary N) is 2. The van der Waals surface area contributed by atoms with Crippen molar-refractivity contribution in [3.05, 3.63) is 90.1 Å². The van der Waals surface area contributed by atoms with E-state index in [9.17, 15) is 4.79 Å². The molecule has 0 aliphatic rings. The number of pyridine rings is 3. The zero-order valence-electron chi connectivity index (χ0n) is 15.3. The van der Waals surface area contributed by atoms with E-state index >= 15 is 0 Å². The minimum Gasteiger partial charge on any atom is -0.347 e. The first-order chi connectivity index (χ1) is 14.2. The largest absolute Gasteiger partial charge is 0.347 e. The van der Waals surface area contributed by atoms with Crippen LogP contribution in [0.2, 0.25) is 0 Å². The number of hydrogen-bond donors (Lipinski definition) is 2. The Labute approximate surface area is 167 Å². The molecule has 0 unspecified atom stereocenters. The van der Waals surface area contributed by atoms with Gasteiger partial charge in [-0.15, -0.1) is 0 Å². The maximum atomic E-state index is 12.3. The molecule has 2 N–H and O–H groups in total. The molecule has 0 aliphatic carbocycles. The SMILES string of the molecule is N#Cc1ccc2ccnc(Nc3ccc(C(=O)NCc4cccnc4)nc3)c2c1. The van der Waals surface area contributed by atoms with Crippen molar-refractivity contribution in [3.8, 4) is 6.07 Å². The van der Waals surface area contributed by atoms with Crippen LogP contribution in [0.5, 0.6) is 0 Å². The number of aromatic nitrogens is 3. The summed E-state index contributed by atoms with van der Waals surface area (Å²) in [6.45, 7) is 0.384. The number of benzene rings is 1. The minimum absolute atomic E-state index is 0.262. The third-order valence-electron chi connectivity index (χ3n) is 4.33. The number of rotatable bonds is 5. The molecule has 1 aromatic carbocycles. The minimum atomic E-state index is -0.262. The van der Waals surface area contributed by atoms with Gasteiger partial charge in [-0.2, -0.15) is 5.26 Å². The molecule has 0 radical (unpaired) electrons. The van der Waals surface area contributed by atoms with Crippen LogP contribution in [0.4, 0.5) is 11.5 Å². The quantitative estimate of drug-likeness (QED) is 0.549. The number of nitriles is 1. The van der Waals surface area contributed by atoms with Gasteiger partial charge in [-0.05, 0) is 47.3 Å². The van der Waals surface area contributed by atoms with Crippen LogP contribution < -0.4 is 10.6 Å². The fourth-order valence-corrected chi connectivity index (χ4v) is 2.85. The molecule has 140 valence electrons. The zero-order chi connectivity index (χ0) is 20.1. The lowest BCUT2D eigenvalue weighted by Gasteiger charge is -2.09. The highest BCUT2D eigenvalue weighted by atomic mass is 16.1. The fraction of sp³-hybridized carbons (Fsp3) is 0.0455. The van der Waals surface area contributed by atoms with Gasteiger partial charge >= 0.3 is 0 Å². The Bertz CT molecular complexity index is 1200. The molecule has 1 amide bonds. The number of nitrogens with zero attached hydrogens (tertiary/aromatic N) is 4. The Balaban J connectivity index is 1.48. The van der Waals surface area contributed by atoms with E-state index in [2.05, 4.69) is 31.7 Å². The summed E-state index contributed by atoms with van der Waals surface area (Å²) in [6, 6.07) is 16.6. The Hall–Kier alpha value is -4.31. The van der Waals surface area contributed by atoms with E-state index in [1.807, 2.05) is 24.3 Å². The zero-order valence-corrected chi connectivity index (χ0v) is 15.3. The lowest BCUT2D eigenvalue weighted by atomic mass is 10.1. The highest BCUT2D eigenvalue weighted by molar-refractivity contribution is 5.94. The molecule has 4 aromatic rings. The lowest BCUT2D eigenvalue weighted by Crippen LogP contribution is -2.23. The van der Waals surface area contributed by atoms with Crippen LogP contribution in [-0.4, -0.2) is 20.9 Å². The van der Waals surface area contributed by atoms with Crippen LogP contribution in [-0.2, 0) is 6.54 Å². The summed E-state index contributed by atoms with van der Waals surface area (Å²) in [4.78, 5) is 24.9. The number of carbonyl (C=O) groups excluding carboxylic acids is 1. The lowest BCUT2D eigenvalue weighted by molar-refractivity contribution is 0.0946. The van der Waals surface area contributed by atoms with Gasteiger partial charge in [0, 0.05) is 30.5 Å². The molecule has 0 fully saturated rings. The molecule has 4 rings (SSSR count). The number of amides is 1. The third-order valence-corrected chi connectivity index (χ3v) is 4.33. The summed E-state index contributed by atoms with van der Waals surface area (Å²) < 4.78 is 0. The van der Waals surface area contributed by atoms with E-state index < -0.39 is 0 Å². The van der Waals surface area contributed by atoms with E-state index in [4.69, 9.17) is 5.26 Å². The summed E-state index contributed by atoms with van der Waals surface area (Å²) in [5, 5.41) is 17.0. The van der Waals surface area contributed by atoms with Gasteiger partial charge in [0.25, 0.3) is 5.91 Å². The van der Waals surface area contributed by atoms with Gasteiger partial charge in [0.1, 0.15) is 11.5 Å². The van der Waals surface area contributed by atoms with Gasteiger partial charge in [0.15, 0.2) is 0 Å². The predicted molar refractivity (Wildman–Crippen MR) is 109 cm³/mol. The van der Waals surface area contributed by atoms with E-state index in [1.165, 1.54) is 0 Å². The topological polar surface area (TPSA) is 104 Å². The van der Waals surface area contributed by atoms with Crippen molar-refractivity contribution in [3.63, 3.8) is 0 Å². The molecule has 0 spiro atoms. The molecule has 0 saturated carbocycles. The molecule has 0 bridgehead atoms. The summed E-state index contributed by atoms with van der Waals surface area (Å²) in [5.74, 6) is 0.359. The number of anilines is 2. The van der Waals surface area contributed by atoms with Crippen LogP contribution in [0.25, 0.3) is 10.8 Å². The van der Waals surface area contributed by atoms with Crippen LogP contribution >= 0.6 is 0 Å².